The van der Waals surface area contributed by atoms with Crippen LogP contribution in [0.5, 0.6) is 0 Å². The highest BCUT2D eigenvalue weighted by Gasteiger charge is 2.30. The molecule has 0 unspecified atom stereocenters. The van der Waals surface area contributed by atoms with Crippen molar-refractivity contribution in [1.82, 2.24) is 24.3 Å². The van der Waals surface area contributed by atoms with Crippen molar-refractivity contribution in [1.29, 1.82) is 0 Å². The zero-order valence-electron chi connectivity index (χ0n) is 17.1. The van der Waals surface area contributed by atoms with Crippen molar-refractivity contribution in [3.05, 3.63) is 60.2 Å². The van der Waals surface area contributed by atoms with Crippen molar-refractivity contribution in [2.75, 3.05) is 26.2 Å². The molecule has 162 valence electrons. The van der Waals surface area contributed by atoms with Gasteiger partial charge in [0.2, 0.25) is 27.6 Å². The highest BCUT2D eigenvalue weighted by atomic mass is 32.2. The van der Waals surface area contributed by atoms with Crippen molar-refractivity contribution in [3.8, 4) is 11.4 Å². The van der Waals surface area contributed by atoms with E-state index >= 15 is 0 Å². The number of piperazine rings is 1. The van der Waals surface area contributed by atoms with Crippen LogP contribution in [0, 0.1) is 6.92 Å². The molecule has 0 atom stereocenters. The highest BCUT2D eigenvalue weighted by molar-refractivity contribution is 7.89. The van der Waals surface area contributed by atoms with E-state index in [2.05, 4.69) is 15.1 Å². The molecule has 1 aliphatic heterocycles. The van der Waals surface area contributed by atoms with E-state index in [4.69, 9.17) is 4.52 Å². The maximum Gasteiger partial charge on any atom is 0.243 e. The Labute approximate surface area is 180 Å². The summed E-state index contributed by atoms with van der Waals surface area (Å²) in [5, 5.41) is 3.94. The Morgan fingerprint density at radius 1 is 1.03 bits per heavy atom. The average molecular weight is 442 g/mol. The molecule has 31 heavy (non-hydrogen) atoms. The van der Waals surface area contributed by atoms with E-state index in [1.807, 2.05) is 6.92 Å². The molecule has 4 rings (SSSR count). The first-order valence-electron chi connectivity index (χ1n) is 10.0. The Morgan fingerprint density at radius 2 is 1.71 bits per heavy atom. The van der Waals surface area contributed by atoms with Gasteiger partial charge in [-0.15, -0.1) is 0 Å². The molecule has 3 heterocycles. The quantitative estimate of drug-likeness (QED) is 0.575. The second-order valence-corrected chi connectivity index (χ2v) is 9.28. The van der Waals surface area contributed by atoms with Crippen molar-refractivity contribution < 1.29 is 17.7 Å². The first kappa shape index (κ1) is 21.1. The van der Waals surface area contributed by atoms with Gasteiger partial charge >= 0.3 is 0 Å². The maximum atomic E-state index is 12.8. The normalized spacial score (nSPS) is 15.2. The summed E-state index contributed by atoms with van der Waals surface area (Å²) in [7, 11) is -3.55. The zero-order valence-corrected chi connectivity index (χ0v) is 18.0. The number of carbonyl (C=O) groups excluding carboxylic acids is 1. The van der Waals surface area contributed by atoms with Crippen LogP contribution in [0.25, 0.3) is 11.4 Å². The molecule has 0 aliphatic carbocycles. The Balaban J connectivity index is 1.30. The standard InChI is InChI=1S/C21H23N5O4S/c1-16-2-4-18(5-3-16)31(28,29)26-14-12-25(13-15-26)20(27)7-6-19-23-21(24-30-19)17-8-10-22-11-9-17/h2-5,8-11H,6-7,12-15H2,1H3. The predicted molar refractivity (Wildman–Crippen MR) is 112 cm³/mol. The maximum absolute atomic E-state index is 12.8. The fourth-order valence-corrected chi connectivity index (χ4v) is 4.81. The molecule has 0 bridgehead atoms. The summed E-state index contributed by atoms with van der Waals surface area (Å²) in [6, 6.07) is 10.4. The number of rotatable bonds is 6. The van der Waals surface area contributed by atoms with E-state index in [-0.39, 0.29) is 30.3 Å². The number of aryl methyl sites for hydroxylation is 2. The number of benzene rings is 1. The van der Waals surface area contributed by atoms with Gasteiger partial charge in [-0.2, -0.15) is 9.29 Å². The van der Waals surface area contributed by atoms with Gasteiger partial charge in [-0.05, 0) is 31.2 Å². The lowest BCUT2D eigenvalue weighted by Gasteiger charge is -2.34. The molecule has 1 saturated heterocycles. The topological polar surface area (TPSA) is 110 Å². The Morgan fingerprint density at radius 3 is 2.39 bits per heavy atom. The third kappa shape index (κ3) is 4.80. The number of amides is 1. The predicted octanol–water partition coefficient (Wildman–Crippen LogP) is 1.91. The van der Waals surface area contributed by atoms with E-state index in [1.165, 1.54) is 4.31 Å². The average Bonchev–Trinajstić information content (AvgIpc) is 3.27. The van der Waals surface area contributed by atoms with Crippen LogP contribution in [0.2, 0.25) is 0 Å². The molecule has 1 fully saturated rings. The Bertz CT molecular complexity index is 1140. The molecule has 0 radical (unpaired) electrons. The second kappa shape index (κ2) is 8.94. The summed E-state index contributed by atoms with van der Waals surface area (Å²) in [6.45, 7) is 3.17. The van der Waals surface area contributed by atoms with Gasteiger partial charge in [-0.25, -0.2) is 8.42 Å². The van der Waals surface area contributed by atoms with Gasteiger partial charge in [-0.3, -0.25) is 9.78 Å². The second-order valence-electron chi connectivity index (χ2n) is 7.35. The zero-order chi connectivity index (χ0) is 21.8. The molecule has 1 aliphatic rings. The van der Waals surface area contributed by atoms with Gasteiger partial charge in [-0.1, -0.05) is 22.9 Å². The molecule has 0 saturated carbocycles. The fraction of sp³-hybridized carbons (Fsp3) is 0.333. The van der Waals surface area contributed by atoms with Crippen LogP contribution < -0.4 is 0 Å². The Kier molecular flexibility index (Phi) is 6.10. The van der Waals surface area contributed by atoms with Gasteiger partial charge in [0.1, 0.15) is 0 Å². The lowest BCUT2D eigenvalue weighted by molar-refractivity contribution is -0.132. The molecule has 2 aromatic heterocycles. The molecular formula is C21H23N5O4S. The fourth-order valence-electron chi connectivity index (χ4n) is 3.38. The summed E-state index contributed by atoms with van der Waals surface area (Å²) in [6.07, 6.45) is 3.85. The minimum absolute atomic E-state index is 0.0592. The number of nitrogens with zero attached hydrogens (tertiary/aromatic N) is 5. The van der Waals surface area contributed by atoms with Crippen LogP contribution in [0.1, 0.15) is 17.9 Å². The monoisotopic (exact) mass is 441 g/mol. The van der Waals surface area contributed by atoms with Crippen LogP contribution in [0.15, 0.2) is 58.2 Å². The van der Waals surface area contributed by atoms with E-state index in [9.17, 15) is 13.2 Å². The van der Waals surface area contributed by atoms with Gasteiger partial charge in [0.15, 0.2) is 0 Å². The van der Waals surface area contributed by atoms with E-state index in [1.54, 1.807) is 53.7 Å². The van der Waals surface area contributed by atoms with Crippen molar-refractivity contribution >= 4 is 15.9 Å². The number of pyridine rings is 1. The van der Waals surface area contributed by atoms with Crippen molar-refractivity contribution in [2.45, 2.75) is 24.7 Å². The largest absolute Gasteiger partial charge is 0.340 e. The van der Waals surface area contributed by atoms with Crippen molar-refractivity contribution in [3.63, 3.8) is 0 Å². The van der Waals surface area contributed by atoms with Crippen molar-refractivity contribution in [2.24, 2.45) is 0 Å². The number of hydrogen-bond donors (Lipinski definition) is 0. The first-order chi connectivity index (χ1) is 14.9. The number of aromatic nitrogens is 3. The molecule has 3 aromatic rings. The van der Waals surface area contributed by atoms with Gasteiger partial charge < -0.3 is 9.42 Å². The minimum atomic E-state index is -3.55. The summed E-state index contributed by atoms with van der Waals surface area (Å²) < 4.78 is 32.3. The third-order valence-electron chi connectivity index (χ3n) is 5.21. The van der Waals surface area contributed by atoms with Gasteiger partial charge in [0.05, 0.1) is 4.90 Å². The molecular weight excluding hydrogens is 418 g/mol. The van der Waals surface area contributed by atoms with Gasteiger partial charge in [0.25, 0.3) is 0 Å². The van der Waals surface area contributed by atoms with Crippen LogP contribution in [-0.2, 0) is 21.2 Å². The number of hydrogen-bond acceptors (Lipinski definition) is 7. The van der Waals surface area contributed by atoms with E-state index < -0.39 is 10.0 Å². The number of carbonyl (C=O) groups is 1. The Hall–Kier alpha value is -3.11. The summed E-state index contributed by atoms with van der Waals surface area (Å²) in [4.78, 5) is 22.8. The molecule has 10 heteroatoms. The first-order valence-corrected chi connectivity index (χ1v) is 11.4. The van der Waals surface area contributed by atoms with Crippen LogP contribution >= 0.6 is 0 Å². The molecule has 9 nitrogen and oxygen atoms in total. The summed E-state index contributed by atoms with van der Waals surface area (Å²) >= 11 is 0. The van der Waals surface area contributed by atoms with E-state index in [0.29, 0.717) is 31.2 Å². The third-order valence-corrected chi connectivity index (χ3v) is 7.12. The summed E-state index contributed by atoms with van der Waals surface area (Å²) in [5.41, 5.74) is 1.80. The van der Waals surface area contributed by atoms with Crippen LogP contribution in [-0.4, -0.2) is 64.8 Å². The number of sulfonamides is 1. The summed E-state index contributed by atoms with van der Waals surface area (Å²) in [5.74, 6) is 0.788. The van der Waals surface area contributed by atoms with E-state index in [0.717, 1.165) is 11.1 Å². The molecule has 0 spiro atoms. The highest BCUT2D eigenvalue weighted by Crippen LogP contribution is 2.19. The smallest absolute Gasteiger partial charge is 0.243 e. The van der Waals surface area contributed by atoms with Crippen LogP contribution in [0.3, 0.4) is 0 Å². The molecule has 1 amide bonds. The lowest BCUT2D eigenvalue weighted by atomic mass is 10.2. The van der Waals surface area contributed by atoms with Crippen LogP contribution in [0.4, 0.5) is 0 Å². The lowest BCUT2D eigenvalue weighted by Crippen LogP contribution is -2.50. The SMILES string of the molecule is Cc1ccc(S(=O)(=O)N2CCN(C(=O)CCc3nc(-c4ccncc4)no3)CC2)cc1. The minimum Gasteiger partial charge on any atom is -0.340 e. The molecule has 1 aromatic carbocycles. The van der Waals surface area contributed by atoms with Gasteiger partial charge in [0, 0.05) is 57.0 Å². The molecule has 0 N–H and O–H groups in total.